The van der Waals surface area contributed by atoms with Crippen LogP contribution in [-0.4, -0.2) is 20.7 Å². The lowest BCUT2D eigenvalue weighted by Gasteiger charge is -2.12. The molecule has 0 aliphatic heterocycles. The van der Waals surface area contributed by atoms with Gasteiger partial charge in [-0.15, -0.1) is 0 Å². The summed E-state index contributed by atoms with van der Waals surface area (Å²) in [5.41, 5.74) is 3.75. The van der Waals surface area contributed by atoms with Gasteiger partial charge < -0.3 is 9.73 Å². The highest BCUT2D eigenvalue weighted by Crippen LogP contribution is 2.27. The van der Waals surface area contributed by atoms with E-state index in [1.165, 1.54) is 6.33 Å². The Labute approximate surface area is 195 Å². The van der Waals surface area contributed by atoms with E-state index < -0.39 is 0 Å². The molecule has 0 atom stereocenters. The molecule has 34 heavy (non-hydrogen) atoms. The maximum absolute atomic E-state index is 13.2. The zero-order chi connectivity index (χ0) is 23.5. The molecule has 0 radical (unpaired) electrons. The highest BCUT2D eigenvalue weighted by Gasteiger charge is 2.18. The number of amides is 1. The summed E-state index contributed by atoms with van der Waals surface area (Å²) in [7, 11) is 0. The standard InChI is InChI=1S/C27H22N4O3/c1-18-24(32)22-12-7-13-23(26(22)34-25(18)19-8-3-2-4-9-19)27(33)29-14-20-10-5-6-11-21(20)15-31-17-28-16-30-31/h2-13,16-17H,14-15H2,1H3,(H,29,33). The van der Waals surface area contributed by atoms with Gasteiger partial charge in [0.15, 0.2) is 11.0 Å². The number of carbonyl (C=O) groups is 1. The Bertz CT molecular complexity index is 1520. The summed E-state index contributed by atoms with van der Waals surface area (Å²) in [5, 5.41) is 7.51. The zero-order valence-corrected chi connectivity index (χ0v) is 18.6. The SMILES string of the molecule is Cc1c(-c2ccccc2)oc2c(C(=O)NCc3ccccc3Cn3cncn3)cccc2c1=O. The minimum Gasteiger partial charge on any atom is -0.455 e. The third-order valence-corrected chi connectivity index (χ3v) is 5.78. The molecule has 2 heterocycles. The number of rotatable bonds is 6. The van der Waals surface area contributed by atoms with Gasteiger partial charge in [-0.05, 0) is 30.2 Å². The van der Waals surface area contributed by atoms with Crippen LogP contribution in [0.4, 0.5) is 0 Å². The Morgan fingerprint density at radius 1 is 0.971 bits per heavy atom. The van der Waals surface area contributed by atoms with Crippen molar-refractivity contribution in [1.82, 2.24) is 20.1 Å². The van der Waals surface area contributed by atoms with Crippen molar-refractivity contribution >= 4 is 16.9 Å². The topological polar surface area (TPSA) is 90.0 Å². The first-order valence-corrected chi connectivity index (χ1v) is 10.9. The van der Waals surface area contributed by atoms with Crippen molar-refractivity contribution in [3.8, 4) is 11.3 Å². The fourth-order valence-electron chi connectivity index (χ4n) is 4.00. The van der Waals surface area contributed by atoms with Crippen LogP contribution in [0.1, 0.15) is 27.0 Å². The lowest BCUT2D eigenvalue weighted by atomic mass is 10.0. The van der Waals surface area contributed by atoms with Gasteiger partial charge in [0.25, 0.3) is 5.91 Å². The molecule has 0 saturated heterocycles. The Morgan fingerprint density at radius 3 is 2.50 bits per heavy atom. The average molecular weight is 450 g/mol. The number of nitrogens with zero attached hydrogens (tertiary/aromatic N) is 3. The van der Waals surface area contributed by atoms with Gasteiger partial charge in [-0.3, -0.25) is 9.59 Å². The Morgan fingerprint density at radius 2 is 1.74 bits per heavy atom. The normalized spacial score (nSPS) is 11.0. The highest BCUT2D eigenvalue weighted by molar-refractivity contribution is 6.05. The third-order valence-electron chi connectivity index (χ3n) is 5.78. The molecule has 0 fully saturated rings. The van der Waals surface area contributed by atoms with Gasteiger partial charge in [-0.25, -0.2) is 9.67 Å². The van der Waals surface area contributed by atoms with E-state index in [1.807, 2.05) is 54.6 Å². The molecule has 0 aliphatic rings. The number of hydrogen-bond acceptors (Lipinski definition) is 5. The van der Waals surface area contributed by atoms with Crippen molar-refractivity contribution in [2.24, 2.45) is 0 Å². The smallest absolute Gasteiger partial charge is 0.255 e. The van der Waals surface area contributed by atoms with Crippen molar-refractivity contribution in [3.05, 3.63) is 118 Å². The van der Waals surface area contributed by atoms with E-state index >= 15 is 0 Å². The van der Waals surface area contributed by atoms with Crippen LogP contribution in [0.2, 0.25) is 0 Å². The van der Waals surface area contributed by atoms with Gasteiger partial charge in [-0.1, -0.05) is 60.7 Å². The second kappa shape index (κ2) is 9.15. The molecular weight excluding hydrogens is 428 g/mol. The van der Waals surface area contributed by atoms with Crippen LogP contribution in [0.25, 0.3) is 22.3 Å². The van der Waals surface area contributed by atoms with E-state index in [9.17, 15) is 9.59 Å². The van der Waals surface area contributed by atoms with Crippen molar-refractivity contribution < 1.29 is 9.21 Å². The number of fused-ring (bicyclic) bond motifs is 1. The summed E-state index contributed by atoms with van der Waals surface area (Å²) >= 11 is 0. The molecule has 168 valence electrons. The lowest BCUT2D eigenvalue weighted by molar-refractivity contribution is 0.0951. The molecule has 1 N–H and O–H groups in total. The van der Waals surface area contributed by atoms with Gasteiger partial charge >= 0.3 is 0 Å². The Hall–Kier alpha value is -4.52. The molecular formula is C27H22N4O3. The van der Waals surface area contributed by atoms with Crippen molar-refractivity contribution in [2.75, 3.05) is 0 Å². The molecule has 1 amide bonds. The molecule has 7 heteroatoms. The molecule has 0 spiro atoms. The predicted molar refractivity (Wildman–Crippen MR) is 129 cm³/mol. The summed E-state index contributed by atoms with van der Waals surface area (Å²) < 4.78 is 7.91. The minimum atomic E-state index is -0.313. The largest absolute Gasteiger partial charge is 0.455 e. The van der Waals surface area contributed by atoms with Crippen LogP contribution in [0.5, 0.6) is 0 Å². The van der Waals surface area contributed by atoms with Crippen molar-refractivity contribution in [3.63, 3.8) is 0 Å². The molecule has 0 saturated carbocycles. The van der Waals surface area contributed by atoms with Gasteiger partial charge in [0.05, 0.1) is 17.5 Å². The molecule has 0 aliphatic carbocycles. The van der Waals surface area contributed by atoms with Gasteiger partial charge in [-0.2, -0.15) is 5.10 Å². The minimum absolute atomic E-state index is 0.145. The molecule has 5 rings (SSSR count). The Kier molecular flexibility index (Phi) is 5.74. The van der Waals surface area contributed by atoms with Crippen LogP contribution in [0.3, 0.4) is 0 Å². The summed E-state index contributed by atoms with van der Waals surface area (Å²) in [6.45, 7) is 2.61. The first-order valence-electron chi connectivity index (χ1n) is 10.9. The number of aromatic nitrogens is 3. The second-order valence-corrected chi connectivity index (χ2v) is 7.98. The van der Waals surface area contributed by atoms with Crippen LogP contribution in [-0.2, 0) is 13.1 Å². The molecule has 7 nitrogen and oxygen atoms in total. The molecule has 0 unspecified atom stereocenters. The lowest BCUT2D eigenvalue weighted by Crippen LogP contribution is -2.24. The van der Waals surface area contributed by atoms with E-state index in [-0.39, 0.29) is 16.9 Å². The van der Waals surface area contributed by atoms with Crippen LogP contribution < -0.4 is 10.7 Å². The van der Waals surface area contributed by atoms with Crippen LogP contribution in [0, 0.1) is 6.92 Å². The fraction of sp³-hybridized carbons (Fsp3) is 0.111. The van der Waals surface area contributed by atoms with E-state index in [4.69, 9.17) is 4.42 Å². The number of para-hydroxylation sites is 1. The summed E-state index contributed by atoms with van der Waals surface area (Å²) in [6.07, 6.45) is 3.14. The zero-order valence-electron chi connectivity index (χ0n) is 18.6. The first kappa shape index (κ1) is 21.3. The van der Waals surface area contributed by atoms with Crippen LogP contribution >= 0.6 is 0 Å². The van der Waals surface area contributed by atoms with Gasteiger partial charge in [0.2, 0.25) is 0 Å². The summed E-state index contributed by atoms with van der Waals surface area (Å²) in [6, 6.07) is 22.3. The molecule has 2 aromatic heterocycles. The predicted octanol–water partition coefficient (Wildman–Crippen LogP) is 4.34. The number of nitrogens with one attached hydrogen (secondary N) is 1. The molecule has 0 bridgehead atoms. The molecule has 3 aromatic carbocycles. The molecule has 5 aromatic rings. The Balaban J connectivity index is 1.47. The van der Waals surface area contributed by atoms with E-state index in [0.29, 0.717) is 35.4 Å². The average Bonchev–Trinajstić information content (AvgIpc) is 3.39. The fourth-order valence-corrected chi connectivity index (χ4v) is 4.00. The van der Waals surface area contributed by atoms with E-state index in [0.717, 1.165) is 16.7 Å². The quantitative estimate of drug-likeness (QED) is 0.416. The summed E-state index contributed by atoms with van der Waals surface area (Å²) in [5.74, 6) is 0.156. The van der Waals surface area contributed by atoms with Crippen molar-refractivity contribution in [1.29, 1.82) is 0 Å². The van der Waals surface area contributed by atoms with E-state index in [2.05, 4.69) is 15.4 Å². The van der Waals surface area contributed by atoms with Crippen molar-refractivity contribution in [2.45, 2.75) is 20.0 Å². The maximum Gasteiger partial charge on any atom is 0.255 e. The second-order valence-electron chi connectivity index (χ2n) is 7.98. The van der Waals surface area contributed by atoms with E-state index in [1.54, 1.807) is 36.1 Å². The number of benzene rings is 3. The number of carbonyl (C=O) groups excluding carboxylic acids is 1. The first-order chi connectivity index (χ1) is 16.6. The third kappa shape index (κ3) is 4.11. The summed E-state index contributed by atoms with van der Waals surface area (Å²) in [4.78, 5) is 30.3. The van der Waals surface area contributed by atoms with Gasteiger partial charge in [0, 0.05) is 17.7 Å². The van der Waals surface area contributed by atoms with Crippen LogP contribution in [0.15, 0.2) is 94.7 Å². The highest BCUT2D eigenvalue weighted by atomic mass is 16.3. The maximum atomic E-state index is 13.2. The van der Waals surface area contributed by atoms with Gasteiger partial charge in [0.1, 0.15) is 18.4 Å². The monoisotopic (exact) mass is 450 g/mol. The number of hydrogen-bond donors (Lipinski definition) is 1.